The fourth-order valence-corrected chi connectivity index (χ4v) is 2.81. The average Bonchev–Trinajstić information content (AvgIpc) is 3.18. The number of aliphatic imine (C=N–C) groups is 1. The summed E-state index contributed by atoms with van der Waals surface area (Å²) in [6, 6.07) is 8.60. The number of hydrogen-bond acceptors (Lipinski definition) is 4. The monoisotopic (exact) mass is 399 g/mol. The van der Waals surface area contributed by atoms with Crippen LogP contribution in [0.4, 0.5) is 0 Å². The van der Waals surface area contributed by atoms with Gasteiger partial charge in [0.1, 0.15) is 18.7 Å². The molecule has 0 aliphatic heterocycles. The standard InChI is InChI=1S/C21H33N7O/c1-6-17-8-10-18(11-9-17)16(3)25-21(23-14-20(29)27(4)5)22-12-13-28-15-24-26-19(28)7-2/h8-11,15-16H,6-7,12-14H2,1-5H3,(H2,22,23,25). The molecule has 1 unspecified atom stereocenters. The fourth-order valence-electron chi connectivity index (χ4n) is 2.81. The number of carbonyl (C=O) groups is 1. The molecule has 0 fully saturated rings. The second-order valence-electron chi connectivity index (χ2n) is 7.14. The van der Waals surface area contributed by atoms with Crippen LogP contribution in [-0.2, 0) is 24.2 Å². The maximum Gasteiger partial charge on any atom is 0.243 e. The number of amides is 1. The van der Waals surface area contributed by atoms with Crippen LogP contribution in [0.2, 0.25) is 0 Å². The minimum Gasteiger partial charge on any atom is -0.355 e. The highest BCUT2D eigenvalue weighted by molar-refractivity contribution is 5.85. The number of rotatable bonds is 9. The van der Waals surface area contributed by atoms with Crippen LogP contribution in [0.25, 0.3) is 0 Å². The van der Waals surface area contributed by atoms with Crippen LogP contribution in [0.15, 0.2) is 35.6 Å². The third-order valence-corrected chi connectivity index (χ3v) is 4.77. The predicted octanol–water partition coefficient (Wildman–Crippen LogP) is 1.79. The van der Waals surface area contributed by atoms with Gasteiger partial charge in [-0.1, -0.05) is 38.1 Å². The Morgan fingerprint density at radius 2 is 1.93 bits per heavy atom. The second-order valence-corrected chi connectivity index (χ2v) is 7.14. The molecular weight excluding hydrogens is 366 g/mol. The summed E-state index contributed by atoms with van der Waals surface area (Å²) in [5.41, 5.74) is 2.48. The third-order valence-electron chi connectivity index (χ3n) is 4.77. The molecule has 0 aliphatic rings. The number of aromatic nitrogens is 3. The first-order valence-electron chi connectivity index (χ1n) is 10.1. The lowest BCUT2D eigenvalue weighted by Gasteiger charge is -2.19. The molecule has 2 rings (SSSR count). The number of benzene rings is 1. The maximum absolute atomic E-state index is 12.0. The number of guanidine groups is 1. The van der Waals surface area contributed by atoms with Gasteiger partial charge in [0.05, 0.1) is 6.04 Å². The van der Waals surface area contributed by atoms with Crippen LogP contribution in [0.1, 0.15) is 43.8 Å². The first kappa shape index (κ1) is 22.4. The molecule has 0 saturated heterocycles. The topological polar surface area (TPSA) is 87.4 Å². The first-order chi connectivity index (χ1) is 13.9. The molecule has 1 heterocycles. The number of nitrogens with zero attached hydrogens (tertiary/aromatic N) is 5. The summed E-state index contributed by atoms with van der Waals surface area (Å²) in [5.74, 6) is 1.52. The molecule has 0 radical (unpaired) electrons. The lowest BCUT2D eigenvalue weighted by molar-refractivity contribution is -0.127. The van der Waals surface area contributed by atoms with Crippen molar-refractivity contribution in [1.82, 2.24) is 30.3 Å². The predicted molar refractivity (Wildman–Crippen MR) is 116 cm³/mol. The molecule has 0 aliphatic carbocycles. The van der Waals surface area contributed by atoms with E-state index in [2.05, 4.69) is 70.9 Å². The molecule has 0 saturated carbocycles. The van der Waals surface area contributed by atoms with Crippen molar-refractivity contribution in [3.05, 3.63) is 47.5 Å². The zero-order chi connectivity index (χ0) is 21.2. The Balaban J connectivity index is 2.02. The van der Waals surface area contributed by atoms with E-state index in [-0.39, 0.29) is 18.5 Å². The first-order valence-corrected chi connectivity index (χ1v) is 10.1. The summed E-state index contributed by atoms with van der Waals surface area (Å²) in [6.07, 6.45) is 3.59. The average molecular weight is 400 g/mol. The zero-order valence-electron chi connectivity index (χ0n) is 18.1. The highest BCUT2D eigenvalue weighted by Crippen LogP contribution is 2.13. The van der Waals surface area contributed by atoms with E-state index in [1.165, 1.54) is 11.1 Å². The molecule has 1 atom stereocenters. The van der Waals surface area contributed by atoms with Crippen molar-refractivity contribution in [3.63, 3.8) is 0 Å². The summed E-state index contributed by atoms with van der Waals surface area (Å²) in [5, 5.41) is 14.8. The minimum atomic E-state index is -0.0434. The molecule has 2 N–H and O–H groups in total. The Morgan fingerprint density at radius 1 is 1.21 bits per heavy atom. The Morgan fingerprint density at radius 3 is 2.55 bits per heavy atom. The Kier molecular flexibility index (Phi) is 8.64. The third kappa shape index (κ3) is 6.89. The van der Waals surface area contributed by atoms with Crippen molar-refractivity contribution in [2.24, 2.45) is 4.99 Å². The van der Waals surface area contributed by atoms with Crippen molar-refractivity contribution < 1.29 is 4.79 Å². The van der Waals surface area contributed by atoms with Gasteiger partial charge in [-0.15, -0.1) is 10.2 Å². The van der Waals surface area contributed by atoms with Gasteiger partial charge in [0.2, 0.25) is 5.91 Å². The molecule has 1 aromatic heterocycles. The van der Waals surface area contributed by atoms with Crippen LogP contribution >= 0.6 is 0 Å². The van der Waals surface area contributed by atoms with Crippen molar-refractivity contribution >= 4 is 11.9 Å². The molecule has 0 bridgehead atoms. The van der Waals surface area contributed by atoms with E-state index in [9.17, 15) is 4.79 Å². The van der Waals surface area contributed by atoms with Gasteiger partial charge in [0.15, 0.2) is 5.96 Å². The quantitative estimate of drug-likeness (QED) is 0.496. The molecule has 29 heavy (non-hydrogen) atoms. The van der Waals surface area contributed by atoms with E-state index in [0.717, 1.165) is 25.2 Å². The molecule has 1 amide bonds. The summed E-state index contributed by atoms with van der Waals surface area (Å²) >= 11 is 0. The lowest BCUT2D eigenvalue weighted by Crippen LogP contribution is -2.41. The largest absolute Gasteiger partial charge is 0.355 e. The van der Waals surface area contributed by atoms with Gasteiger partial charge in [-0.3, -0.25) is 4.79 Å². The Labute approximate surface area is 173 Å². The number of nitrogens with one attached hydrogen (secondary N) is 2. The molecular formula is C21H33N7O. The lowest BCUT2D eigenvalue weighted by atomic mass is 10.1. The van der Waals surface area contributed by atoms with Crippen LogP contribution in [0, 0.1) is 0 Å². The van der Waals surface area contributed by atoms with Gasteiger partial charge < -0.3 is 20.1 Å². The normalized spacial score (nSPS) is 12.5. The Bertz CT molecular complexity index is 796. The van der Waals surface area contributed by atoms with Gasteiger partial charge in [-0.2, -0.15) is 0 Å². The van der Waals surface area contributed by atoms with Crippen LogP contribution in [0.3, 0.4) is 0 Å². The number of likely N-dealkylation sites (N-methyl/N-ethyl adjacent to an activating group) is 1. The summed E-state index contributed by atoms with van der Waals surface area (Å²) in [6.45, 7) is 7.75. The molecule has 8 heteroatoms. The molecule has 158 valence electrons. The van der Waals surface area contributed by atoms with Crippen LogP contribution < -0.4 is 10.6 Å². The molecule has 0 spiro atoms. The van der Waals surface area contributed by atoms with E-state index in [0.29, 0.717) is 12.5 Å². The minimum absolute atomic E-state index is 0.0434. The van der Waals surface area contributed by atoms with Crippen molar-refractivity contribution in [3.8, 4) is 0 Å². The summed E-state index contributed by atoms with van der Waals surface area (Å²) in [7, 11) is 3.46. The van der Waals surface area contributed by atoms with E-state index in [4.69, 9.17) is 0 Å². The van der Waals surface area contributed by atoms with E-state index in [1.54, 1.807) is 25.3 Å². The smallest absolute Gasteiger partial charge is 0.243 e. The fraction of sp³-hybridized carbons (Fsp3) is 0.524. The molecule has 8 nitrogen and oxygen atoms in total. The molecule has 1 aromatic carbocycles. The number of carbonyl (C=O) groups excluding carboxylic acids is 1. The summed E-state index contributed by atoms with van der Waals surface area (Å²) in [4.78, 5) is 18.0. The zero-order valence-corrected chi connectivity index (χ0v) is 18.1. The maximum atomic E-state index is 12.0. The van der Waals surface area contributed by atoms with Crippen LogP contribution in [-0.4, -0.2) is 58.7 Å². The van der Waals surface area contributed by atoms with E-state index < -0.39 is 0 Å². The number of hydrogen-bond donors (Lipinski definition) is 2. The van der Waals surface area contributed by atoms with Crippen molar-refractivity contribution in [2.75, 3.05) is 27.2 Å². The van der Waals surface area contributed by atoms with Gasteiger partial charge in [-0.05, 0) is 24.5 Å². The highest BCUT2D eigenvalue weighted by Gasteiger charge is 2.10. The van der Waals surface area contributed by atoms with Crippen molar-refractivity contribution in [1.29, 1.82) is 0 Å². The summed E-state index contributed by atoms with van der Waals surface area (Å²) < 4.78 is 2.02. The van der Waals surface area contributed by atoms with Gasteiger partial charge in [-0.25, -0.2) is 4.99 Å². The second kappa shape index (κ2) is 11.2. The van der Waals surface area contributed by atoms with Gasteiger partial charge in [0.25, 0.3) is 0 Å². The molecule has 2 aromatic rings. The van der Waals surface area contributed by atoms with E-state index >= 15 is 0 Å². The highest BCUT2D eigenvalue weighted by atomic mass is 16.2. The number of aryl methyl sites for hydroxylation is 2. The SMILES string of the molecule is CCc1ccc(C(C)NC(=NCC(=O)N(C)C)NCCn2cnnc2CC)cc1. The Hall–Kier alpha value is -2.90. The van der Waals surface area contributed by atoms with Gasteiger partial charge in [0, 0.05) is 33.6 Å². The van der Waals surface area contributed by atoms with Crippen molar-refractivity contribution in [2.45, 2.75) is 46.2 Å². The van der Waals surface area contributed by atoms with Crippen LogP contribution in [0.5, 0.6) is 0 Å². The van der Waals surface area contributed by atoms with Gasteiger partial charge >= 0.3 is 0 Å². The van der Waals surface area contributed by atoms with E-state index in [1.807, 2.05) is 4.57 Å².